The molecule has 0 saturated carbocycles. The number of rotatable bonds is 18. The highest BCUT2D eigenvalue weighted by Gasteiger charge is 2.29. The van der Waals surface area contributed by atoms with E-state index in [1.54, 1.807) is 12.1 Å². The molecule has 0 aliphatic rings. The van der Waals surface area contributed by atoms with Crippen molar-refractivity contribution in [2.75, 3.05) is 41.6 Å². The zero-order valence-corrected chi connectivity index (χ0v) is 24.7. The summed E-state index contributed by atoms with van der Waals surface area (Å²) in [5, 5.41) is 8.53. The number of benzene rings is 1. The number of nitrogens with one attached hydrogen (secondary N) is 3. The normalized spacial score (nSPS) is 13.6. The van der Waals surface area contributed by atoms with E-state index in [1.807, 2.05) is 39.8 Å². The number of unbranched alkanes of at least 4 members (excludes halogenated alkanes) is 1. The standard InChI is InChI=1S/C27H46Cl2N6O3/c1-18(2)17-23(34-27(38)24(31)19(3)4)26(37)33-22(7-5-6-14-30)25(36)32-20-8-10-21(11-9-20)35(15-12-28)16-13-29/h8-11,18-19,22-24H,5-7,12-17,30-31H2,1-4H3,(H,32,36)(H,33,37)(H,34,38)/t22-,23+,24-/m1/s1. The van der Waals surface area contributed by atoms with Gasteiger partial charge in [-0.3, -0.25) is 14.4 Å². The van der Waals surface area contributed by atoms with Crippen LogP contribution in [0.5, 0.6) is 0 Å². The highest BCUT2D eigenvalue weighted by Crippen LogP contribution is 2.19. The highest BCUT2D eigenvalue weighted by molar-refractivity contribution is 6.18. The Hall–Kier alpha value is -2.07. The van der Waals surface area contributed by atoms with Crippen molar-refractivity contribution in [3.05, 3.63) is 24.3 Å². The number of alkyl halides is 2. The summed E-state index contributed by atoms with van der Waals surface area (Å²) < 4.78 is 0. The minimum atomic E-state index is -0.800. The van der Waals surface area contributed by atoms with E-state index in [0.717, 1.165) is 12.1 Å². The van der Waals surface area contributed by atoms with Crippen molar-refractivity contribution in [1.82, 2.24) is 10.6 Å². The summed E-state index contributed by atoms with van der Waals surface area (Å²) in [6.07, 6.45) is 2.22. The van der Waals surface area contributed by atoms with E-state index in [1.165, 1.54) is 0 Å². The first-order chi connectivity index (χ1) is 18.0. The first-order valence-electron chi connectivity index (χ1n) is 13.4. The Morgan fingerprint density at radius 2 is 1.45 bits per heavy atom. The molecule has 216 valence electrons. The fourth-order valence-electron chi connectivity index (χ4n) is 3.87. The molecule has 11 heteroatoms. The molecule has 0 fully saturated rings. The molecule has 0 spiro atoms. The molecule has 9 nitrogen and oxygen atoms in total. The summed E-state index contributed by atoms with van der Waals surface area (Å²) in [6, 6.07) is 5.07. The van der Waals surface area contributed by atoms with E-state index in [9.17, 15) is 14.4 Å². The van der Waals surface area contributed by atoms with Gasteiger partial charge in [-0.25, -0.2) is 0 Å². The summed E-state index contributed by atoms with van der Waals surface area (Å²) in [7, 11) is 0. The number of nitrogens with zero attached hydrogens (tertiary/aromatic N) is 1. The minimum absolute atomic E-state index is 0.0733. The van der Waals surface area contributed by atoms with Gasteiger partial charge in [0.15, 0.2) is 0 Å². The van der Waals surface area contributed by atoms with Crippen LogP contribution >= 0.6 is 23.2 Å². The van der Waals surface area contributed by atoms with Crippen LogP contribution in [0.15, 0.2) is 24.3 Å². The van der Waals surface area contributed by atoms with Crippen molar-refractivity contribution >= 4 is 52.3 Å². The molecule has 3 amide bonds. The van der Waals surface area contributed by atoms with Crippen LogP contribution in [0, 0.1) is 11.8 Å². The van der Waals surface area contributed by atoms with Crippen molar-refractivity contribution < 1.29 is 14.4 Å². The Balaban J connectivity index is 3.00. The van der Waals surface area contributed by atoms with Gasteiger partial charge < -0.3 is 32.3 Å². The van der Waals surface area contributed by atoms with Crippen molar-refractivity contribution in [3.8, 4) is 0 Å². The molecule has 0 radical (unpaired) electrons. The summed E-state index contributed by atoms with van der Waals surface area (Å²) in [6.45, 7) is 9.43. The zero-order chi connectivity index (χ0) is 28.7. The average molecular weight is 574 g/mol. The lowest BCUT2D eigenvalue weighted by Crippen LogP contribution is -2.56. The molecular formula is C27H46Cl2N6O3. The third-order valence-corrected chi connectivity index (χ3v) is 6.49. The van der Waals surface area contributed by atoms with Gasteiger partial charge in [-0.15, -0.1) is 23.2 Å². The maximum absolute atomic E-state index is 13.3. The third-order valence-electron chi connectivity index (χ3n) is 6.15. The zero-order valence-electron chi connectivity index (χ0n) is 23.1. The van der Waals surface area contributed by atoms with Gasteiger partial charge in [-0.05, 0) is 68.3 Å². The number of carbonyl (C=O) groups excluding carboxylic acids is 3. The minimum Gasteiger partial charge on any atom is -0.369 e. The molecule has 38 heavy (non-hydrogen) atoms. The molecule has 0 aromatic heterocycles. The van der Waals surface area contributed by atoms with Gasteiger partial charge >= 0.3 is 0 Å². The Bertz CT molecular complexity index is 848. The van der Waals surface area contributed by atoms with Gasteiger partial charge in [0.1, 0.15) is 12.1 Å². The molecule has 0 bridgehead atoms. The number of carbonyl (C=O) groups is 3. The molecule has 0 unspecified atom stereocenters. The van der Waals surface area contributed by atoms with E-state index in [2.05, 4.69) is 20.9 Å². The van der Waals surface area contributed by atoms with Gasteiger partial charge in [0, 0.05) is 36.2 Å². The van der Waals surface area contributed by atoms with Gasteiger partial charge in [-0.1, -0.05) is 27.7 Å². The van der Waals surface area contributed by atoms with Crippen LogP contribution in [0.25, 0.3) is 0 Å². The maximum Gasteiger partial charge on any atom is 0.246 e. The number of halogens is 2. The Labute approximate surface area is 237 Å². The lowest BCUT2D eigenvalue weighted by atomic mass is 10.00. The second kappa shape index (κ2) is 18.3. The molecule has 0 aliphatic heterocycles. The Kier molecular flexibility index (Phi) is 16.3. The van der Waals surface area contributed by atoms with Crippen molar-refractivity contribution in [1.29, 1.82) is 0 Å². The predicted octanol–water partition coefficient (Wildman–Crippen LogP) is 3.04. The number of nitrogens with two attached hydrogens (primary N) is 2. The number of hydrogen-bond acceptors (Lipinski definition) is 6. The smallest absolute Gasteiger partial charge is 0.246 e. The van der Waals surface area contributed by atoms with Crippen LogP contribution in [-0.4, -0.2) is 67.2 Å². The van der Waals surface area contributed by atoms with E-state index in [0.29, 0.717) is 56.3 Å². The summed E-state index contributed by atoms with van der Waals surface area (Å²) in [5.74, 6) is -0.124. The van der Waals surface area contributed by atoms with E-state index >= 15 is 0 Å². The molecular weight excluding hydrogens is 527 g/mol. The first kappa shape index (κ1) is 34.0. The largest absolute Gasteiger partial charge is 0.369 e. The molecule has 0 saturated heterocycles. The topological polar surface area (TPSA) is 143 Å². The van der Waals surface area contributed by atoms with Crippen LogP contribution in [0.2, 0.25) is 0 Å². The first-order valence-corrected chi connectivity index (χ1v) is 14.4. The lowest BCUT2D eigenvalue weighted by Gasteiger charge is -2.26. The van der Waals surface area contributed by atoms with Gasteiger partial charge in [0.05, 0.1) is 6.04 Å². The van der Waals surface area contributed by atoms with Crippen molar-refractivity contribution in [2.45, 2.75) is 71.5 Å². The van der Waals surface area contributed by atoms with Crippen LogP contribution < -0.4 is 32.3 Å². The molecule has 7 N–H and O–H groups in total. The van der Waals surface area contributed by atoms with E-state index < -0.39 is 24.0 Å². The number of anilines is 2. The van der Waals surface area contributed by atoms with Crippen LogP contribution in [0.4, 0.5) is 11.4 Å². The highest BCUT2D eigenvalue weighted by atomic mass is 35.5. The van der Waals surface area contributed by atoms with Gasteiger partial charge in [-0.2, -0.15) is 0 Å². The fraction of sp³-hybridized carbons (Fsp3) is 0.667. The monoisotopic (exact) mass is 572 g/mol. The summed E-state index contributed by atoms with van der Waals surface area (Å²) >= 11 is 11.8. The van der Waals surface area contributed by atoms with E-state index in [4.69, 9.17) is 34.7 Å². The van der Waals surface area contributed by atoms with Crippen molar-refractivity contribution in [2.24, 2.45) is 23.3 Å². The quantitative estimate of drug-likeness (QED) is 0.135. The summed E-state index contributed by atoms with van der Waals surface area (Å²) in [5.41, 5.74) is 13.2. The molecule has 1 rings (SSSR count). The van der Waals surface area contributed by atoms with Gasteiger partial charge in [0.25, 0.3) is 0 Å². The summed E-state index contributed by atoms with van der Waals surface area (Å²) in [4.78, 5) is 41.1. The molecule has 3 atom stereocenters. The number of amides is 3. The second-order valence-electron chi connectivity index (χ2n) is 10.2. The third kappa shape index (κ3) is 12.2. The molecule has 1 aromatic rings. The predicted molar refractivity (Wildman–Crippen MR) is 158 cm³/mol. The lowest BCUT2D eigenvalue weighted by molar-refractivity contribution is -0.132. The van der Waals surface area contributed by atoms with Crippen molar-refractivity contribution in [3.63, 3.8) is 0 Å². The van der Waals surface area contributed by atoms with Gasteiger partial charge in [0.2, 0.25) is 17.7 Å². The van der Waals surface area contributed by atoms with Crippen LogP contribution in [0.3, 0.4) is 0 Å². The average Bonchev–Trinajstić information content (AvgIpc) is 2.87. The Morgan fingerprint density at radius 1 is 0.868 bits per heavy atom. The van der Waals surface area contributed by atoms with Crippen LogP contribution in [0.1, 0.15) is 53.4 Å². The second-order valence-corrected chi connectivity index (χ2v) is 11.0. The number of hydrogen-bond donors (Lipinski definition) is 5. The SMILES string of the molecule is CC(C)C[C@H](NC(=O)[C@H](N)C(C)C)C(=O)N[C@H](CCCCN)C(=O)Nc1ccc(N(CCCl)CCCl)cc1. The molecule has 0 aliphatic carbocycles. The Morgan fingerprint density at radius 3 is 1.95 bits per heavy atom. The maximum atomic E-state index is 13.3. The van der Waals surface area contributed by atoms with Crippen LogP contribution in [-0.2, 0) is 14.4 Å². The molecule has 0 heterocycles. The van der Waals surface area contributed by atoms with E-state index in [-0.39, 0.29) is 23.7 Å². The molecule has 1 aromatic carbocycles. The fourth-order valence-corrected chi connectivity index (χ4v) is 4.27.